The third-order valence-electron chi connectivity index (χ3n) is 2.48. The summed E-state index contributed by atoms with van der Waals surface area (Å²) in [5, 5.41) is 11.5. The van der Waals surface area contributed by atoms with E-state index in [-0.39, 0.29) is 19.0 Å². The van der Waals surface area contributed by atoms with E-state index in [9.17, 15) is 9.59 Å². The normalized spacial score (nSPS) is 11.7. The smallest absolute Gasteiger partial charge is 0.306 e. The Labute approximate surface area is 112 Å². The Balaban J connectivity index is 2.10. The number of aliphatic hydroxyl groups is 1. The fourth-order valence-corrected chi connectivity index (χ4v) is 1.40. The summed E-state index contributed by atoms with van der Waals surface area (Å²) in [7, 11) is 0. The van der Waals surface area contributed by atoms with Gasteiger partial charge in [0.1, 0.15) is 12.7 Å². The molecule has 19 heavy (non-hydrogen) atoms. The van der Waals surface area contributed by atoms with Gasteiger partial charge in [-0.25, -0.2) is 0 Å². The highest BCUT2D eigenvalue weighted by atomic mass is 16.5. The minimum absolute atomic E-state index is 0.243. The van der Waals surface area contributed by atoms with Crippen LogP contribution in [-0.4, -0.2) is 29.6 Å². The zero-order chi connectivity index (χ0) is 14.1. The van der Waals surface area contributed by atoms with E-state index in [1.165, 1.54) is 6.92 Å². The number of rotatable bonds is 7. The minimum atomic E-state index is -1.02. The molecule has 5 heteroatoms. The molecule has 0 aromatic heterocycles. The third kappa shape index (κ3) is 6.57. The maximum atomic E-state index is 11.4. The van der Waals surface area contributed by atoms with Gasteiger partial charge in [0, 0.05) is 13.0 Å². The van der Waals surface area contributed by atoms with Crippen molar-refractivity contribution in [1.82, 2.24) is 5.32 Å². The highest BCUT2D eigenvalue weighted by Crippen LogP contribution is 2.02. The number of benzene rings is 1. The first-order valence-electron chi connectivity index (χ1n) is 6.25. The summed E-state index contributed by atoms with van der Waals surface area (Å²) >= 11 is 0. The number of hydrogen-bond acceptors (Lipinski definition) is 4. The van der Waals surface area contributed by atoms with Crippen molar-refractivity contribution in [3.8, 4) is 0 Å². The van der Waals surface area contributed by atoms with Gasteiger partial charge in [-0.1, -0.05) is 30.3 Å². The number of hydrogen-bond donors (Lipinski definition) is 2. The lowest BCUT2D eigenvalue weighted by molar-refractivity contribution is -0.145. The van der Waals surface area contributed by atoms with Crippen molar-refractivity contribution in [3.63, 3.8) is 0 Å². The quantitative estimate of drug-likeness (QED) is 0.570. The molecule has 1 rings (SSSR count). The zero-order valence-electron chi connectivity index (χ0n) is 11.0. The minimum Gasteiger partial charge on any atom is -0.461 e. The Morgan fingerprint density at radius 2 is 2.00 bits per heavy atom. The molecule has 0 aliphatic heterocycles. The van der Waals surface area contributed by atoms with Crippen molar-refractivity contribution in [1.29, 1.82) is 0 Å². The van der Waals surface area contributed by atoms with Crippen LogP contribution in [0.1, 0.15) is 25.3 Å². The molecular weight excluding hydrogens is 246 g/mol. The van der Waals surface area contributed by atoms with Gasteiger partial charge in [0.2, 0.25) is 5.91 Å². The lowest BCUT2D eigenvalue weighted by Gasteiger charge is -2.07. The number of aliphatic hydroxyl groups excluding tert-OH is 1. The van der Waals surface area contributed by atoms with Crippen LogP contribution in [0, 0.1) is 0 Å². The first-order chi connectivity index (χ1) is 9.09. The van der Waals surface area contributed by atoms with Gasteiger partial charge in [0.15, 0.2) is 0 Å². The van der Waals surface area contributed by atoms with Crippen LogP contribution in [0.2, 0.25) is 0 Å². The Morgan fingerprint density at radius 3 is 2.63 bits per heavy atom. The third-order valence-corrected chi connectivity index (χ3v) is 2.48. The monoisotopic (exact) mass is 265 g/mol. The molecular formula is C14H19NO4. The first-order valence-corrected chi connectivity index (χ1v) is 6.25. The molecule has 0 heterocycles. The van der Waals surface area contributed by atoms with Gasteiger partial charge in [-0.3, -0.25) is 9.59 Å². The predicted octanol–water partition coefficient (Wildman–Crippen LogP) is 1.01. The number of carbonyl (C=O) groups is 2. The van der Waals surface area contributed by atoms with E-state index in [4.69, 9.17) is 9.84 Å². The van der Waals surface area contributed by atoms with E-state index >= 15 is 0 Å². The molecule has 0 aliphatic carbocycles. The first kappa shape index (κ1) is 15.2. The molecule has 0 radical (unpaired) electrons. The highest BCUT2D eigenvalue weighted by Gasteiger charge is 2.08. The van der Waals surface area contributed by atoms with Crippen LogP contribution in [0.15, 0.2) is 30.3 Å². The molecule has 0 bridgehead atoms. The van der Waals surface area contributed by atoms with Gasteiger partial charge in [-0.15, -0.1) is 0 Å². The summed E-state index contributed by atoms with van der Waals surface area (Å²) in [6, 6.07) is 9.44. The lowest BCUT2D eigenvalue weighted by atomic mass is 10.2. The molecule has 0 saturated heterocycles. The van der Waals surface area contributed by atoms with Gasteiger partial charge in [-0.2, -0.15) is 0 Å². The Bertz CT molecular complexity index is 403. The second kappa shape index (κ2) is 8.26. The molecule has 5 nitrogen and oxygen atoms in total. The van der Waals surface area contributed by atoms with Gasteiger partial charge >= 0.3 is 5.97 Å². The van der Waals surface area contributed by atoms with E-state index in [0.717, 1.165) is 5.56 Å². The zero-order valence-corrected chi connectivity index (χ0v) is 11.0. The molecule has 1 atom stereocenters. The average Bonchev–Trinajstić information content (AvgIpc) is 2.42. The summed E-state index contributed by atoms with van der Waals surface area (Å²) in [6.07, 6.45) is -0.288. The van der Waals surface area contributed by atoms with E-state index in [1.807, 2.05) is 30.3 Å². The van der Waals surface area contributed by atoms with Gasteiger partial charge in [-0.05, 0) is 18.9 Å². The number of ether oxygens (including phenoxy) is 1. The standard InChI is InChI=1S/C14H19NO4/c1-11(16)14(18)15-9-5-8-13(17)19-10-12-6-3-2-4-7-12/h2-4,6-7,11,16H,5,8-10H2,1H3,(H,15,18)/t11-/m0/s1. The van der Waals surface area contributed by atoms with Crippen LogP contribution >= 0.6 is 0 Å². The number of carbonyl (C=O) groups excluding carboxylic acids is 2. The average molecular weight is 265 g/mol. The molecule has 0 unspecified atom stereocenters. The molecule has 1 amide bonds. The van der Waals surface area contributed by atoms with Crippen molar-refractivity contribution >= 4 is 11.9 Å². The van der Waals surface area contributed by atoms with Crippen LogP contribution < -0.4 is 5.32 Å². The Kier molecular flexibility index (Phi) is 6.60. The molecule has 0 spiro atoms. The van der Waals surface area contributed by atoms with Crippen molar-refractivity contribution in [2.75, 3.05) is 6.54 Å². The van der Waals surface area contributed by atoms with E-state index < -0.39 is 12.0 Å². The molecule has 1 aromatic rings. The van der Waals surface area contributed by atoms with Gasteiger partial charge in [0.05, 0.1) is 0 Å². The predicted molar refractivity (Wildman–Crippen MR) is 70.2 cm³/mol. The second-order valence-corrected chi connectivity index (χ2v) is 4.22. The summed E-state index contributed by atoms with van der Waals surface area (Å²) in [5.74, 6) is -0.729. The maximum absolute atomic E-state index is 11.4. The summed E-state index contributed by atoms with van der Waals surface area (Å²) in [4.78, 5) is 22.4. The number of esters is 1. The summed E-state index contributed by atoms with van der Waals surface area (Å²) in [5.41, 5.74) is 0.943. The van der Waals surface area contributed by atoms with Crippen LogP contribution in [0.3, 0.4) is 0 Å². The number of nitrogens with one attached hydrogen (secondary N) is 1. The van der Waals surface area contributed by atoms with E-state index in [0.29, 0.717) is 13.0 Å². The lowest BCUT2D eigenvalue weighted by Crippen LogP contribution is -2.33. The molecule has 2 N–H and O–H groups in total. The Morgan fingerprint density at radius 1 is 1.32 bits per heavy atom. The molecule has 104 valence electrons. The van der Waals surface area contributed by atoms with Crippen molar-refractivity contribution in [3.05, 3.63) is 35.9 Å². The fraction of sp³-hybridized carbons (Fsp3) is 0.429. The number of amides is 1. The van der Waals surface area contributed by atoms with Gasteiger partial charge < -0.3 is 15.2 Å². The SMILES string of the molecule is C[C@H](O)C(=O)NCCCC(=O)OCc1ccccc1. The van der Waals surface area contributed by atoms with Crippen LogP contribution in [0.4, 0.5) is 0 Å². The van der Waals surface area contributed by atoms with Gasteiger partial charge in [0.25, 0.3) is 0 Å². The van der Waals surface area contributed by atoms with E-state index in [1.54, 1.807) is 0 Å². The van der Waals surface area contributed by atoms with Crippen molar-refractivity contribution < 1.29 is 19.4 Å². The van der Waals surface area contributed by atoms with E-state index in [2.05, 4.69) is 5.32 Å². The molecule has 1 aromatic carbocycles. The summed E-state index contributed by atoms with van der Waals surface area (Å²) < 4.78 is 5.08. The second-order valence-electron chi connectivity index (χ2n) is 4.22. The van der Waals surface area contributed by atoms with Crippen LogP contribution in [-0.2, 0) is 20.9 Å². The largest absolute Gasteiger partial charge is 0.461 e. The Hall–Kier alpha value is -1.88. The highest BCUT2D eigenvalue weighted by molar-refractivity contribution is 5.80. The topological polar surface area (TPSA) is 75.6 Å². The summed E-state index contributed by atoms with van der Waals surface area (Å²) in [6.45, 7) is 2.01. The maximum Gasteiger partial charge on any atom is 0.306 e. The van der Waals surface area contributed by atoms with Crippen molar-refractivity contribution in [2.24, 2.45) is 0 Å². The molecule has 0 fully saturated rings. The fourth-order valence-electron chi connectivity index (χ4n) is 1.40. The van der Waals surface area contributed by atoms with Crippen LogP contribution in [0.25, 0.3) is 0 Å². The molecule has 0 aliphatic rings. The van der Waals surface area contributed by atoms with Crippen LogP contribution in [0.5, 0.6) is 0 Å². The molecule has 0 saturated carbocycles. The van der Waals surface area contributed by atoms with Crippen molar-refractivity contribution in [2.45, 2.75) is 32.5 Å².